The maximum absolute atomic E-state index is 14.0. The highest BCUT2D eigenvalue weighted by Crippen LogP contribution is 2.44. The molecule has 0 fully saturated rings. The Hall–Kier alpha value is -4.48. The number of carbonyl (C=O) groups is 3. The van der Waals surface area contributed by atoms with Gasteiger partial charge in [0.1, 0.15) is 12.6 Å². The molecule has 3 N–H and O–H groups in total. The fourth-order valence-electron chi connectivity index (χ4n) is 4.16. The zero-order chi connectivity index (χ0) is 27.6. The van der Waals surface area contributed by atoms with Crippen LogP contribution in [0.2, 0.25) is 0 Å². The molecular weight excluding hydrogens is 515 g/mol. The predicted molar refractivity (Wildman–Crippen MR) is 122 cm³/mol. The van der Waals surface area contributed by atoms with Gasteiger partial charge in [-0.25, -0.2) is 22.8 Å². The van der Waals surface area contributed by atoms with E-state index < -0.39 is 71.7 Å². The van der Waals surface area contributed by atoms with E-state index in [2.05, 4.69) is 10.1 Å². The molecule has 7 nitrogen and oxygen atoms in total. The van der Waals surface area contributed by atoms with Crippen LogP contribution >= 0.6 is 0 Å². The summed E-state index contributed by atoms with van der Waals surface area (Å²) in [4.78, 5) is 36.3. The van der Waals surface area contributed by atoms with E-state index in [0.717, 1.165) is 22.3 Å². The molecule has 3 aromatic rings. The highest BCUT2D eigenvalue weighted by molar-refractivity contribution is 5.84. The minimum atomic E-state index is -2.44. The minimum absolute atomic E-state index is 0.158. The van der Waals surface area contributed by atoms with Gasteiger partial charge in [0.15, 0.2) is 0 Å². The van der Waals surface area contributed by atoms with Crippen molar-refractivity contribution in [2.24, 2.45) is 5.73 Å². The van der Waals surface area contributed by atoms with Crippen LogP contribution in [0.4, 0.5) is 26.7 Å². The lowest BCUT2D eigenvalue weighted by molar-refractivity contribution is -0.137. The molecule has 0 spiro atoms. The molecule has 0 unspecified atom stereocenters. The van der Waals surface area contributed by atoms with Crippen LogP contribution in [0.15, 0.2) is 48.5 Å². The van der Waals surface area contributed by atoms with Gasteiger partial charge in [0.05, 0.1) is 0 Å². The minimum Gasteiger partial charge on any atom is -0.449 e. The first kappa shape index (κ1) is 26.6. The van der Waals surface area contributed by atoms with Crippen LogP contribution in [0.25, 0.3) is 11.1 Å². The third-order valence-electron chi connectivity index (χ3n) is 5.97. The summed E-state index contributed by atoms with van der Waals surface area (Å²) in [6.45, 7) is -0.158. The van der Waals surface area contributed by atoms with Gasteiger partial charge in [0.25, 0.3) is 0 Å². The third kappa shape index (κ3) is 5.15. The molecule has 1 aliphatic carbocycles. The Labute approximate surface area is 212 Å². The summed E-state index contributed by atoms with van der Waals surface area (Å²) in [5.74, 6) is -16.6. The second kappa shape index (κ2) is 10.9. The average molecular weight is 534 g/mol. The van der Waals surface area contributed by atoms with Gasteiger partial charge < -0.3 is 20.5 Å². The molecule has 0 heterocycles. The van der Waals surface area contributed by atoms with Crippen LogP contribution in [-0.2, 0) is 14.3 Å². The van der Waals surface area contributed by atoms with E-state index >= 15 is 0 Å². The molecule has 0 bridgehead atoms. The van der Waals surface area contributed by atoms with Gasteiger partial charge in [-0.1, -0.05) is 48.5 Å². The van der Waals surface area contributed by atoms with Gasteiger partial charge in [-0.15, -0.1) is 0 Å². The summed E-state index contributed by atoms with van der Waals surface area (Å²) in [5, 5.41) is 2.09. The third-order valence-corrected chi connectivity index (χ3v) is 5.97. The van der Waals surface area contributed by atoms with E-state index in [1.165, 1.54) is 0 Å². The fraction of sp³-hybridized carbons (Fsp3) is 0.192. The van der Waals surface area contributed by atoms with Crippen LogP contribution in [-0.4, -0.2) is 30.6 Å². The zero-order valence-corrected chi connectivity index (χ0v) is 19.4. The molecule has 0 radical (unpaired) electrons. The van der Waals surface area contributed by atoms with E-state index in [1.807, 2.05) is 48.5 Å². The van der Waals surface area contributed by atoms with Crippen molar-refractivity contribution in [2.45, 2.75) is 24.8 Å². The Morgan fingerprint density at radius 1 is 0.816 bits per heavy atom. The largest absolute Gasteiger partial charge is 0.449 e. The smallest absolute Gasteiger partial charge is 0.407 e. The summed E-state index contributed by atoms with van der Waals surface area (Å²) < 4.78 is 77.8. The number of primary amides is 1. The van der Waals surface area contributed by atoms with Crippen LogP contribution in [0.5, 0.6) is 5.75 Å². The normalized spacial score (nSPS) is 12.9. The van der Waals surface area contributed by atoms with Gasteiger partial charge in [-0.3, -0.25) is 4.79 Å². The molecule has 1 atom stereocenters. The van der Waals surface area contributed by atoms with Crippen molar-refractivity contribution in [3.63, 3.8) is 0 Å². The Bertz CT molecular complexity index is 1360. The quantitative estimate of drug-likeness (QED) is 0.146. The summed E-state index contributed by atoms with van der Waals surface area (Å²) in [6, 6.07) is 13.2. The average Bonchev–Trinajstić information content (AvgIpc) is 3.23. The monoisotopic (exact) mass is 534 g/mol. The SMILES string of the molecule is NC(=O)CC[C@H](NC(=O)OCC1c2ccccc2-c2ccccc21)C(=O)Oc1c(F)c(F)c(F)c(F)c1F. The van der Waals surface area contributed by atoms with Gasteiger partial charge in [0, 0.05) is 12.3 Å². The second-order valence-corrected chi connectivity index (χ2v) is 8.35. The van der Waals surface area contributed by atoms with Crippen LogP contribution < -0.4 is 15.8 Å². The van der Waals surface area contributed by atoms with E-state index in [1.54, 1.807) is 0 Å². The van der Waals surface area contributed by atoms with E-state index in [0.29, 0.717) is 0 Å². The number of benzene rings is 3. The highest BCUT2D eigenvalue weighted by Gasteiger charge is 2.33. The van der Waals surface area contributed by atoms with Crippen molar-refractivity contribution in [1.29, 1.82) is 0 Å². The van der Waals surface area contributed by atoms with Crippen LogP contribution in [0.1, 0.15) is 29.9 Å². The number of hydrogen-bond acceptors (Lipinski definition) is 5. The number of hydrogen-bond donors (Lipinski definition) is 2. The van der Waals surface area contributed by atoms with Gasteiger partial charge in [0.2, 0.25) is 40.7 Å². The maximum Gasteiger partial charge on any atom is 0.407 e. The lowest BCUT2D eigenvalue weighted by Gasteiger charge is -2.19. The lowest BCUT2D eigenvalue weighted by Crippen LogP contribution is -2.44. The van der Waals surface area contributed by atoms with Gasteiger partial charge in [-0.2, -0.15) is 8.78 Å². The predicted octanol–water partition coefficient (Wildman–Crippen LogP) is 4.46. The summed E-state index contributed by atoms with van der Waals surface area (Å²) in [5.41, 5.74) is 8.79. The molecule has 0 aliphatic heterocycles. The number of ether oxygens (including phenoxy) is 2. The zero-order valence-electron chi connectivity index (χ0n) is 19.4. The lowest BCUT2D eigenvalue weighted by atomic mass is 9.98. The molecule has 4 rings (SSSR count). The number of alkyl carbamates (subject to hydrolysis) is 1. The number of fused-ring (bicyclic) bond motifs is 3. The number of halogens is 5. The van der Waals surface area contributed by atoms with E-state index in [-0.39, 0.29) is 12.5 Å². The summed E-state index contributed by atoms with van der Waals surface area (Å²) >= 11 is 0. The molecule has 2 amide bonds. The molecule has 3 aromatic carbocycles. The van der Waals surface area contributed by atoms with Crippen LogP contribution in [0.3, 0.4) is 0 Å². The number of esters is 1. The van der Waals surface area contributed by atoms with Gasteiger partial charge in [-0.05, 0) is 28.7 Å². The topological polar surface area (TPSA) is 108 Å². The highest BCUT2D eigenvalue weighted by atomic mass is 19.2. The van der Waals surface area contributed by atoms with Crippen molar-refractivity contribution in [2.75, 3.05) is 6.61 Å². The Kier molecular flexibility index (Phi) is 7.60. The number of rotatable bonds is 8. The number of carbonyl (C=O) groups excluding carboxylic acids is 3. The number of nitrogens with two attached hydrogens (primary N) is 1. The van der Waals surface area contributed by atoms with Crippen molar-refractivity contribution in [3.8, 4) is 16.9 Å². The van der Waals surface area contributed by atoms with Crippen LogP contribution in [0, 0.1) is 29.1 Å². The van der Waals surface area contributed by atoms with Crippen molar-refractivity contribution in [1.82, 2.24) is 5.32 Å². The first-order chi connectivity index (χ1) is 18.1. The Morgan fingerprint density at radius 3 is 1.84 bits per heavy atom. The number of nitrogens with one attached hydrogen (secondary N) is 1. The summed E-state index contributed by atoms with van der Waals surface area (Å²) in [7, 11) is 0. The van der Waals surface area contributed by atoms with Crippen molar-refractivity contribution < 1.29 is 45.8 Å². The molecule has 1 aliphatic rings. The molecule has 198 valence electrons. The maximum atomic E-state index is 14.0. The van der Waals surface area contributed by atoms with Crippen molar-refractivity contribution in [3.05, 3.63) is 88.7 Å². The standard InChI is InChI=1S/C26H19F5N2O5/c27-19-20(28)22(30)24(23(31)21(19)29)38-25(35)17(9-10-18(32)34)33-26(36)37-11-16-14-7-3-1-5-12(14)13-6-2-4-8-15(13)16/h1-8,16-17H,9-11H2,(H2,32,34)(H,33,36)/t17-/m0/s1. The second-order valence-electron chi connectivity index (χ2n) is 8.35. The van der Waals surface area contributed by atoms with Crippen molar-refractivity contribution >= 4 is 18.0 Å². The molecule has 38 heavy (non-hydrogen) atoms. The molecule has 0 aromatic heterocycles. The number of amides is 2. The molecule has 0 saturated heterocycles. The Balaban J connectivity index is 1.49. The first-order valence-corrected chi connectivity index (χ1v) is 11.2. The molecule has 12 heteroatoms. The molecule has 0 saturated carbocycles. The van der Waals surface area contributed by atoms with E-state index in [9.17, 15) is 36.3 Å². The van der Waals surface area contributed by atoms with Gasteiger partial charge >= 0.3 is 12.1 Å². The Morgan fingerprint density at radius 2 is 1.32 bits per heavy atom. The fourth-order valence-corrected chi connectivity index (χ4v) is 4.16. The van der Waals surface area contributed by atoms with E-state index in [4.69, 9.17) is 10.5 Å². The molecular formula is C26H19F5N2O5. The first-order valence-electron chi connectivity index (χ1n) is 11.2. The summed E-state index contributed by atoms with van der Waals surface area (Å²) in [6.07, 6.45) is -2.15.